The minimum Gasteiger partial charge on any atom is -0.399 e. The van der Waals surface area contributed by atoms with Crippen LogP contribution in [0.4, 0.5) is 15.8 Å². The van der Waals surface area contributed by atoms with Crippen molar-refractivity contribution in [3.63, 3.8) is 0 Å². The zero-order valence-electron chi connectivity index (χ0n) is 9.77. The molecule has 2 aromatic rings. The van der Waals surface area contributed by atoms with Crippen LogP contribution in [0.3, 0.4) is 0 Å². The molecule has 0 radical (unpaired) electrons. The van der Waals surface area contributed by atoms with Crippen LogP contribution in [0.1, 0.15) is 15.9 Å². The third kappa shape index (κ3) is 2.45. The number of anilines is 2. The molecule has 3 N–H and O–H groups in total. The zero-order chi connectivity index (χ0) is 13.1. The number of aryl methyl sites for hydroxylation is 1. The summed E-state index contributed by atoms with van der Waals surface area (Å²) in [5, 5.41) is 2.50. The van der Waals surface area contributed by atoms with Gasteiger partial charge in [-0.3, -0.25) is 9.78 Å². The lowest BCUT2D eigenvalue weighted by molar-refractivity contribution is 0.102. The van der Waals surface area contributed by atoms with Crippen molar-refractivity contribution in [3.8, 4) is 0 Å². The van der Waals surface area contributed by atoms with E-state index in [0.29, 0.717) is 11.3 Å². The summed E-state index contributed by atoms with van der Waals surface area (Å²) in [6.45, 7) is 1.77. The molecule has 5 heteroatoms. The largest absolute Gasteiger partial charge is 0.399 e. The van der Waals surface area contributed by atoms with Gasteiger partial charge in [-0.25, -0.2) is 4.39 Å². The molecule has 0 spiro atoms. The van der Waals surface area contributed by atoms with Crippen molar-refractivity contribution >= 4 is 17.3 Å². The van der Waals surface area contributed by atoms with E-state index < -0.39 is 5.82 Å². The van der Waals surface area contributed by atoms with Crippen LogP contribution in [0.2, 0.25) is 0 Å². The van der Waals surface area contributed by atoms with Gasteiger partial charge in [-0.15, -0.1) is 0 Å². The molecule has 0 atom stereocenters. The molecule has 92 valence electrons. The molecule has 0 saturated heterocycles. The normalized spacial score (nSPS) is 10.1. The Morgan fingerprint density at radius 1 is 1.39 bits per heavy atom. The van der Waals surface area contributed by atoms with E-state index in [9.17, 15) is 9.18 Å². The fourth-order valence-corrected chi connectivity index (χ4v) is 1.55. The average Bonchev–Trinajstić information content (AvgIpc) is 2.33. The molecular formula is C13H12FN3O. The lowest BCUT2D eigenvalue weighted by atomic mass is 10.1. The Kier molecular flexibility index (Phi) is 3.23. The average molecular weight is 245 g/mol. The van der Waals surface area contributed by atoms with Crippen molar-refractivity contribution < 1.29 is 9.18 Å². The highest BCUT2D eigenvalue weighted by Crippen LogP contribution is 2.18. The molecule has 1 heterocycles. The number of nitrogens with one attached hydrogen (secondary N) is 1. The summed E-state index contributed by atoms with van der Waals surface area (Å²) in [6.07, 6.45) is 3.09. The van der Waals surface area contributed by atoms with Gasteiger partial charge in [-0.2, -0.15) is 0 Å². The van der Waals surface area contributed by atoms with E-state index in [1.54, 1.807) is 19.2 Å². The lowest BCUT2D eigenvalue weighted by Gasteiger charge is -2.08. The van der Waals surface area contributed by atoms with Crippen molar-refractivity contribution in [2.45, 2.75) is 6.92 Å². The second-order valence-electron chi connectivity index (χ2n) is 3.88. The van der Waals surface area contributed by atoms with Crippen molar-refractivity contribution in [2.24, 2.45) is 0 Å². The lowest BCUT2D eigenvalue weighted by Crippen LogP contribution is -2.14. The molecular weight excluding hydrogens is 233 g/mol. The summed E-state index contributed by atoms with van der Waals surface area (Å²) in [6, 6.07) is 5.70. The predicted molar refractivity (Wildman–Crippen MR) is 67.7 cm³/mol. The van der Waals surface area contributed by atoms with Gasteiger partial charge in [0.05, 0.1) is 5.69 Å². The molecule has 0 aliphatic rings. The van der Waals surface area contributed by atoms with Crippen molar-refractivity contribution in [1.29, 1.82) is 0 Å². The minimum absolute atomic E-state index is 0.102. The number of carbonyl (C=O) groups is 1. The summed E-state index contributed by atoms with van der Waals surface area (Å²) in [7, 11) is 0. The number of nitrogen functional groups attached to an aromatic ring is 1. The Morgan fingerprint density at radius 2 is 2.17 bits per heavy atom. The molecule has 0 bridgehead atoms. The molecule has 1 aromatic carbocycles. The van der Waals surface area contributed by atoms with Gasteiger partial charge in [0.1, 0.15) is 5.82 Å². The second kappa shape index (κ2) is 4.83. The van der Waals surface area contributed by atoms with Gasteiger partial charge in [0, 0.05) is 23.6 Å². The van der Waals surface area contributed by atoms with Gasteiger partial charge in [-0.1, -0.05) is 0 Å². The number of aromatic nitrogens is 1. The van der Waals surface area contributed by atoms with Crippen LogP contribution in [0, 0.1) is 12.7 Å². The number of pyridine rings is 1. The molecule has 0 fully saturated rings. The number of amides is 1. The van der Waals surface area contributed by atoms with Crippen LogP contribution in [-0.2, 0) is 0 Å². The van der Waals surface area contributed by atoms with E-state index in [1.807, 2.05) is 0 Å². The topological polar surface area (TPSA) is 68.0 Å². The third-order valence-corrected chi connectivity index (χ3v) is 2.51. The molecule has 4 nitrogen and oxygen atoms in total. The van der Waals surface area contributed by atoms with Gasteiger partial charge >= 0.3 is 0 Å². The summed E-state index contributed by atoms with van der Waals surface area (Å²) in [5.41, 5.74) is 7.03. The molecule has 0 saturated carbocycles. The highest BCUT2D eigenvalue weighted by Gasteiger charge is 2.11. The molecule has 2 rings (SSSR count). The van der Waals surface area contributed by atoms with Crippen molar-refractivity contribution in [3.05, 3.63) is 53.6 Å². The molecule has 0 unspecified atom stereocenters. The Morgan fingerprint density at radius 3 is 2.83 bits per heavy atom. The van der Waals surface area contributed by atoms with Crippen LogP contribution >= 0.6 is 0 Å². The highest BCUT2D eigenvalue weighted by atomic mass is 19.1. The SMILES string of the molecule is Cc1cnccc1C(=O)Nc1ccc(N)cc1F. The summed E-state index contributed by atoms with van der Waals surface area (Å²) in [4.78, 5) is 15.8. The van der Waals surface area contributed by atoms with E-state index in [0.717, 1.165) is 11.6 Å². The van der Waals surface area contributed by atoms with Gasteiger partial charge in [0.15, 0.2) is 0 Å². The number of hydrogen-bond donors (Lipinski definition) is 2. The van der Waals surface area contributed by atoms with E-state index in [1.165, 1.54) is 18.3 Å². The Labute approximate surface area is 104 Å². The summed E-state index contributed by atoms with van der Waals surface area (Å²) >= 11 is 0. The van der Waals surface area contributed by atoms with E-state index in [4.69, 9.17) is 5.73 Å². The molecule has 0 aliphatic heterocycles. The number of benzene rings is 1. The quantitative estimate of drug-likeness (QED) is 0.798. The first-order valence-electron chi connectivity index (χ1n) is 5.35. The first kappa shape index (κ1) is 12.0. The molecule has 1 aromatic heterocycles. The fourth-order valence-electron chi connectivity index (χ4n) is 1.55. The standard InChI is InChI=1S/C13H12FN3O/c1-8-7-16-5-4-10(8)13(18)17-12-3-2-9(15)6-11(12)14/h2-7H,15H2,1H3,(H,17,18). The first-order valence-corrected chi connectivity index (χ1v) is 5.35. The molecule has 18 heavy (non-hydrogen) atoms. The molecule has 0 aliphatic carbocycles. The maximum absolute atomic E-state index is 13.5. The van der Waals surface area contributed by atoms with Crippen LogP contribution in [0.25, 0.3) is 0 Å². The van der Waals surface area contributed by atoms with Crippen LogP contribution < -0.4 is 11.1 Å². The number of halogens is 1. The zero-order valence-corrected chi connectivity index (χ0v) is 9.77. The Hall–Kier alpha value is -2.43. The second-order valence-corrected chi connectivity index (χ2v) is 3.88. The van der Waals surface area contributed by atoms with E-state index >= 15 is 0 Å². The number of nitrogens with two attached hydrogens (primary N) is 1. The van der Waals surface area contributed by atoms with E-state index in [-0.39, 0.29) is 11.6 Å². The van der Waals surface area contributed by atoms with Gasteiger partial charge in [-0.05, 0) is 36.8 Å². The van der Waals surface area contributed by atoms with Crippen LogP contribution in [-0.4, -0.2) is 10.9 Å². The van der Waals surface area contributed by atoms with E-state index in [2.05, 4.69) is 10.3 Å². The Balaban J connectivity index is 2.24. The monoisotopic (exact) mass is 245 g/mol. The van der Waals surface area contributed by atoms with Crippen LogP contribution in [0.5, 0.6) is 0 Å². The molecule has 1 amide bonds. The highest BCUT2D eigenvalue weighted by molar-refractivity contribution is 6.05. The summed E-state index contributed by atoms with van der Waals surface area (Å²) < 4.78 is 13.5. The maximum Gasteiger partial charge on any atom is 0.256 e. The Bertz CT molecular complexity index is 599. The van der Waals surface area contributed by atoms with Gasteiger partial charge < -0.3 is 11.1 Å². The maximum atomic E-state index is 13.5. The van der Waals surface area contributed by atoms with Gasteiger partial charge in [0.25, 0.3) is 5.91 Å². The third-order valence-electron chi connectivity index (χ3n) is 2.51. The van der Waals surface area contributed by atoms with Gasteiger partial charge in [0.2, 0.25) is 0 Å². The van der Waals surface area contributed by atoms with Crippen molar-refractivity contribution in [1.82, 2.24) is 4.98 Å². The predicted octanol–water partition coefficient (Wildman–Crippen LogP) is 2.36. The number of hydrogen-bond acceptors (Lipinski definition) is 3. The van der Waals surface area contributed by atoms with Crippen molar-refractivity contribution in [2.75, 3.05) is 11.1 Å². The summed E-state index contributed by atoms with van der Waals surface area (Å²) in [5.74, 6) is -0.936. The number of carbonyl (C=O) groups excluding carboxylic acids is 1. The van der Waals surface area contributed by atoms with Crippen LogP contribution in [0.15, 0.2) is 36.7 Å². The minimum atomic E-state index is -0.560. The first-order chi connectivity index (χ1) is 8.58. The smallest absolute Gasteiger partial charge is 0.256 e. The number of nitrogens with zero attached hydrogens (tertiary/aromatic N) is 1. The fraction of sp³-hybridized carbons (Fsp3) is 0.0769. The number of rotatable bonds is 2.